The SMILES string of the molecule is O=C(NC1CNc2ccc(F)cc2N(Cc2ccccc2)C1=O)c1ccc(N2CCOCC2)cn1. The van der Waals surface area contributed by atoms with Gasteiger partial charge in [-0.25, -0.2) is 9.37 Å². The highest BCUT2D eigenvalue weighted by molar-refractivity contribution is 6.04. The van der Waals surface area contributed by atoms with E-state index < -0.39 is 17.8 Å². The monoisotopic (exact) mass is 475 g/mol. The first kappa shape index (κ1) is 22.8. The number of amides is 2. The van der Waals surface area contributed by atoms with Crippen LogP contribution in [0.3, 0.4) is 0 Å². The van der Waals surface area contributed by atoms with Crippen molar-refractivity contribution in [1.82, 2.24) is 10.3 Å². The highest BCUT2D eigenvalue weighted by atomic mass is 19.1. The maximum Gasteiger partial charge on any atom is 0.270 e. The van der Waals surface area contributed by atoms with Crippen molar-refractivity contribution in [2.75, 3.05) is 48.0 Å². The van der Waals surface area contributed by atoms with Gasteiger partial charge in [-0.3, -0.25) is 9.59 Å². The van der Waals surface area contributed by atoms with E-state index in [1.807, 2.05) is 36.4 Å². The number of halogens is 1. The number of morpholine rings is 1. The molecular formula is C26H26FN5O3. The van der Waals surface area contributed by atoms with Gasteiger partial charge in [-0.05, 0) is 35.9 Å². The Balaban J connectivity index is 1.35. The lowest BCUT2D eigenvalue weighted by molar-refractivity contribution is -0.120. The molecule has 5 rings (SSSR count). The van der Waals surface area contributed by atoms with Crippen LogP contribution >= 0.6 is 0 Å². The van der Waals surface area contributed by atoms with Gasteiger partial charge in [-0.1, -0.05) is 30.3 Å². The van der Waals surface area contributed by atoms with Gasteiger partial charge in [0.1, 0.15) is 17.6 Å². The van der Waals surface area contributed by atoms with E-state index in [0.717, 1.165) is 24.3 Å². The Hall–Kier alpha value is -3.98. The molecule has 1 atom stereocenters. The standard InChI is InChI=1S/C26H26FN5O3/c27-19-6-8-21-24(14-19)32(17-18-4-2-1-3-5-18)26(34)23(16-29-21)30-25(33)22-9-7-20(15-28-22)31-10-12-35-13-11-31/h1-9,14-15,23,29H,10-13,16-17H2,(H,30,33). The highest BCUT2D eigenvalue weighted by Gasteiger charge is 2.32. The van der Waals surface area contributed by atoms with Crippen LogP contribution in [0.4, 0.5) is 21.5 Å². The van der Waals surface area contributed by atoms with Crippen molar-refractivity contribution in [1.29, 1.82) is 0 Å². The van der Waals surface area contributed by atoms with Crippen molar-refractivity contribution in [3.8, 4) is 0 Å². The summed E-state index contributed by atoms with van der Waals surface area (Å²) in [6, 6.07) is 16.4. The normalized spacial score (nSPS) is 17.9. The smallest absolute Gasteiger partial charge is 0.270 e. The van der Waals surface area contributed by atoms with Crippen LogP contribution < -0.4 is 20.4 Å². The summed E-state index contributed by atoms with van der Waals surface area (Å²) >= 11 is 0. The number of nitrogens with one attached hydrogen (secondary N) is 2. The van der Waals surface area contributed by atoms with E-state index in [0.29, 0.717) is 24.6 Å². The molecule has 9 heteroatoms. The minimum atomic E-state index is -0.859. The number of aromatic nitrogens is 1. The predicted molar refractivity (Wildman–Crippen MR) is 131 cm³/mol. The molecule has 2 aliphatic heterocycles. The molecule has 1 saturated heterocycles. The summed E-state index contributed by atoms with van der Waals surface area (Å²) in [6.07, 6.45) is 1.66. The van der Waals surface area contributed by atoms with Crippen molar-refractivity contribution >= 4 is 28.9 Å². The number of benzene rings is 2. The molecule has 0 saturated carbocycles. The van der Waals surface area contributed by atoms with E-state index in [1.165, 1.54) is 17.0 Å². The van der Waals surface area contributed by atoms with E-state index >= 15 is 0 Å². The number of carbonyl (C=O) groups excluding carboxylic acids is 2. The summed E-state index contributed by atoms with van der Waals surface area (Å²) in [6.45, 7) is 3.27. The average Bonchev–Trinajstić information content (AvgIpc) is 3.02. The van der Waals surface area contributed by atoms with Crippen LogP contribution in [0.5, 0.6) is 0 Å². The number of anilines is 3. The first-order valence-electron chi connectivity index (χ1n) is 11.6. The third kappa shape index (κ3) is 5.09. The molecule has 3 aromatic rings. The van der Waals surface area contributed by atoms with E-state index in [2.05, 4.69) is 20.5 Å². The molecule has 0 spiro atoms. The van der Waals surface area contributed by atoms with Gasteiger partial charge in [0.05, 0.1) is 43.0 Å². The van der Waals surface area contributed by atoms with Crippen LogP contribution in [-0.2, 0) is 16.1 Å². The number of nitrogens with zero attached hydrogens (tertiary/aromatic N) is 3. The van der Waals surface area contributed by atoms with Gasteiger partial charge in [0.15, 0.2) is 0 Å². The summed E-state index contributed by atoms with van der Waals surface area (Å²) in [5.74, 6) is -1.22. The van der Waals surface area contributed by atoms with Crippen molar-refractivity contribution in [3.63, 3.8) is 0 Å². The molecule has 0 aliphatic carbocycles. The lowest BCUT2D eigenvalue weighted by Crippen LogP contribution is -2.50. The molecule has 35 heavy (non-hydrogen) atoms. The molecule has 1 aromatic heterocycles. The Morgan fingerprint density at radius 1 is 1.11 bits per heavy atom. The van der Waals surface area contributed by atoms with Crippen LogP contribution in [0, 0.1) is 5.82 Å². The number of hydrogen-bond acceptors (Lipinski definition) is 6. The van der Waals surface area contributed by atoms with E-state index in [-0.39, 0.29) is 24.7 Å². The lowest BCUT2D eigenvalue weighted by atomic mass is 10.1. The minimum Gasteiger partial charge on any atom is -0.381 e. The molecule has 3 heterocycles. The fourth-order valence-electron chi connectivity index (χ4n) is 4.29. The first-order valence-corrected chi connectivity index (χ1v) is 11.6. The van der Waals surface area contributed by atoms with Gasteiger partial charge in [0, 0.05) is 19.6 Å². The Morgan fingerprint density at radius 3 is 2.66 bits per heavy atom. The van der Waals surface area contributed by atoms with Gasteiger partial charge in [0.2, 0.25) is 0 Å². The van der Waals surface area contributed by atoms with Crippen molar-refractivity contribution in [2.24, 2.45) is 0 Å². The molecule has 2 aromatic carbocycles. The molecule has 0 radical (unpaired) electrons. The van der Waals surface area contributed by atoms with Gasteiger partial charge >= 0.3 is 0 Å². The highest BCUT2D eigenvalue weighted by Crippen LogP contribution is 2.31. The zero-order valence-corrected chi connectivity index (χ0v) is 19.1. The Bertz CT molecular complexity index is 1200. The predicted octanol–water partition coefficient (Wildman–Crippen LogP) is 2.81. The van der Waals surface area contributed by atoms with Crippen molar-refractivity contribution in [3.05, 3.63) is 83.9 Å². The summed E-state index contributed by atoms with van der Waals surface area (Å²) < 4.78 is 19.5. The molecule has 1 unspecified atom stereocenters. The number of fused-ring (bicyclic) bond motifs is 1. The van der Waals surface area contributed by atoms with E-state index in [4.69, 9.17) is 4.74 Å². The number of carbonyl (C=O) groups is 2. The largest absolute Gasteiger partial charge is 0.381 e. The van der Waals surface area contributed by atoms with Crippen LogP contribution in [0.15, 0.2) is 66.9 Å². The van der Waals surface area contributed by atoms with Crippen LogP contribution in [0.2, 0.25) is 0 Å². The molecule has 180 valence electrons. The molecular weight excluding hydrogens is 449 g/mol. The second-order valence-electron chi connectivity index (χ2n) is 8.48. The zero-order chi connectivity index (χ0) is 24.2. The summed E-state index contributed by atoms with van der Waals surface area (Å²) in [5, 5.41) is 5.98. The second kappa shape index (κ2) is 10.1. The van der Waals surface area contributed by atoms with E-state index in [1.54, 1.807) is 18.3 Å². The lowest BCUT2D eigenvalue weighted by Gasteiger charge is -2.28. The van der Waals surface area contributed by atoms with Gasteiger partial charge < -0.3 is 25.2 Å². The maximum absolute atomic E-state index is 14.1. The Labute approximate surface area is 202 Å². The van der Waals surface area contributed by atoms with Crippen molar-refractivity contribution in [2.45, 2.75) is 12.6 Å². The second-order valence-corrected chi connectivity index (χ2v) is 8.48. The Kier molecular flexibility index (Phi) is 6.58. The first-order chi connectivity index (χ1) is 17.1. The number of ether oxygens (including phenoxy) is 1. The zero-order valence-electron chi connectivity index (χ0n) is 19.1. The number of rotatable bonds is 5. The Morgan fingerprint density at radius 2 is 1.91 bits per heavy atom. The topological polar surface area (TPSA) is 86.8 Å². The fourth-order valence-corrected chi connectivity index (χ4v) is 4.29. The van der Waals surface area contributed by atoms with Crippen LogP contribution in [0.1, 0.15) is 16.1 Å². The maximum atomic E-state index is 14.1. The molecule has 1 fully saturated rings. The summed E-state index contributed by atoms with van der Waals surface area (Å²) in [5.41, 5.74) is 3.09. The third-order valence-corrected chi connectivity index (χ3v) is 6.16. The van der Waals surface area contributed by atoms with Crippen LogP contribution in [0.25, 0.3) is 0 Å². The number of pyridine rings is 1. The van der Waals surface area contributed by atoms with Gasteiger partial charge in [-0.2, -0.15) is 0 Å². The molecule has 2 amide bonds. The average molecular weight is 476 g/mol. The third-order valence-electron chi connectivity index (χ3n) is 6.16. The van der Waals surface area contributed by atoms with Crippen LogP contribution in [-0.4, -0.2) is 55.7 Å². The van der Waals surface area contributed by atoms with Crippen molar-refractivity contribution < 1.29 is 18.7 Å². The molecule has 8 nitrogen and oxygen atoms in total. The summed E-state index contributed by atoms with van der Waals surface area (Å²) in [7, 11) is 0. The molecule has 0 bridgehead atoms. The fraction of sp³-hybridized carbons (Fsp3) is 0.269. The minimum absolute atomic E-state index is 0.167. The summed E-state index contributed by atoms with van der Waals surface area (Å²) in [4.78, 5) is 34.5. The quantitative estimate of drug-likeness (QED) is 0.590. The van der Waals surface area contributed by atoms with Gasteiger partial charge in [-0.15, -0.1) is 0 Å². The molecule has 2 aliphatic rings. The van der Waals surface area contributed by atoms with Gasteiger partial charge in [0.25, 0.3) is 11.8 Å². The molecule has 2 N–H and O–H groups in total. The number of hydrogen-bond donors (Lipinski definition) is 2. The van der Waals surface area contributed by atoms with E-state index in [9.17, 15) is 14.0 Å².